The molecule has 1 aliphatic rings. The summed E-state index contributed by atoms with van der Waals surface area (Å²) in [5.41, 5.74) is 0.586. The van der Waals surface area contributed by atoms with Crippen LogP contribution in [-0.2, 0) is 23.7 Å². The monoisotopic (exact) mass is 623 g/mol. The maximum Gasteiger partial charge on any atom is 0.509 e. The molecule has 1 aliphatic heterocycles. The van der Waals surface area contributed by atoms with Crippen LogP contribution in [0.5, 0.6) is 0 Å². The van der Waals surface area contributed by atoms with Crippen molar-refractivity contribution in [3.05, 3.63) is 24.9 Å². The Hall–Kier alpha value is -1.90. The quantitative estimate of drug-likeness (QED) is 0.0509. The van der Waals surface area contributed by atoms with E-state index in [-0.39, 0.29) is 31.5 Å². The van der Waals surface area contributed by atoms with Crippen LogP contribution in [-0.4, -0.2) is 67.3 Å². The second-order valence-electron chi connectivity index (χ2n) is 12.4. The SMILES string of the molecule is C=CCOC(=O)O[C@H]1[C@H](OCCCCCCCCCC)[C@@H](NC(=C)CC(=O)CCCCCCCCCCC)[C@@H](C)O[C@@H]1CO. The highest BCUT2D eigenvalue weighted by Gasteiger charge is 2.47. The van der Waals surface area contributed by atoms with Crippen molar-refractivity contribution in [3.8, 4) is 0 Å². The van der Waals surface area contributed by atoms with Crippen LogP contribution in [0.4, 0.5) is 4.79 Å². The zero-order chi connectivity index (χ0) is 32.4. The Morgan fingerprint density at radius 3 is 1.93 bits per heavy atom. The number of carbonyl (C=O) groups is 2. The lowest BCUT2D eigenvalue weighted by Gasteiger charge is -2.45. The first-order chi connectivity index (χ1) is 21.4. The summed E-state index contributed by atoms with van der Waals surface area (Å²) >= 11 is 0. The number of nitrogens with one attached hydrogen (secondary N) is 1. The topological polar surface area (TPSA) is 103 Å². The zero-order valence-corrected chi connectivity index (χ0v) is 28.3. The van der Waals surface area contributed by atoms with Crippen LogP contribution < -0.4 is 5.32 Å². The standard InChI is InChI=1S/C36H65NO7/c1-6-9-11-13-15-17-18-20-22-24-31(39)27-29(4)37-33-30(5)43-32(28-38)34(44-36(40)42-25-8-3)35(33)41-26-23-21-19-16-14-12-10-7-2/h8,30,32-35,37-38H,3-4,6-7,9-28H2,1-2,5H3/t30-,32-,33+,34-,35-/m1/s1. The predicted molar refractivity (Wildman–Crippen MR) is 178 cm³/mol. The Bertz CT molecular complexity index is 774. The van der Waals surface area contributed by atoms with Gasteiger partial charge in [-0.1, -0.05) is 129 Å². The van der Waals surface area contributed by atoms with E-state index in [9.17, 15) is 14.7 Å². The van der Waals surface area contributed by atoms with Gasteiger partial charge in [-0.25, -0.2) is 4.79 Å². The van der Waals surface area contributed by atoms with E-state index in [1.165, 1.54) is 83.1 Å². The van der Waals surface area contributed by atoms with Crippen LogP contribution >= 0.6 is 0 Å². The summed E-state index contributed by atoms with van der Waals surface area (Å²) in [6.07, 6.45) is 19.0. The highest BCUT2D eigenvalue weighted by atomic mass is 16.7. The zero-order valence-electron chi connectivity index (χ0n) is 28.3. The Labute approximate surface area is 268 Å². The van der Waals surface area contributed by atoms with Gasteiger partial charge in [0.25, 0.3) is 0 Å². The van der Waals surface area contributed by atoms with Gasteiger partial charge in [-0.15, -0.1) is 0 Å². The predicted octanol–water partition coefficient (Wildman–Crippen LogP) is 8.35. The fourth-order valence-electron chi connectivity index (χ4n) is 5.78. The Kier molecular flexibility index (Phi) is 24.0. The summed E-state index contributed by atoms with van der Waals surface area (Å²) in [6.45, 7) is 14.2. The van der Waals surface area contributed by atoms with Gasteiger partial charge in [-0.3, -0.25) is 4.79 Å². The van der Waals surface area contributed by atoms with E-state index >= 15 is 0 Å². The molecule has 1 rings (SSSR count). The third kappa shape index (κ3) is 18.2. The van der Waals surface area contributed by atoms with Crippen molar-refractivity contribution < 1.29 is 33.6 Å². The molecule has 2 N–H and O–H groups in total. The van der Waals surface area contributed by atoms with E-state index in [0.29, 0.717) is 18.7 Å². The molecule has 0 aromatic rings. The van der Waals surface area contributed by atoms with Crippen LogP contribution in [0, 0.1) is 0 Å². The number of aliphatic hydroxyl groups excluding tert-OH is 1. The molecule has 1 heterocycles. The molecule has 0 aliphatic carbocycles. The molecular formula is C36H65NO7. The van der Waals surface area contributed by atoms with Crippen molar-refractivity contribution in [1.29, 1.82) is 0 Å². The van der Waals surface area contributed by atoms with E-state index in [2.05, 4.69) is 32.3 Å². The van der Waals surface area contributed by atoms with Crippen LogP contribution in [0.2, 0.25) is 0 Å². The summed E-state index contributed by atoms with van der Waals surface area (Å²) < 4.78 is 23.1. The number of carbonyl (C=O) groups excluding carboxylic acids is 2. The molecule has 8 nitrogen and oxygen atoms in total. The van der Waals surface area contributed by atoms with Crippen molar-refractivity contribution in [2.45, 2.75) is 173 Å². The minimum atomic E-state index is -0.898. The average molecular weight is 624 g/mol. The van der Waals surface area contributed by atoms with Crippen LogP contribution in [0.3, 0.4) is 0 Å². The van der Waals surface area contributed by atoms with E-state index in [4.69, 9.17) is 18.9 Å². The van der Waals surface area contributed by atoms with Crippen molar-refractivity contribution in [1.82, 2.24) is 5.32 Å². The van der Waals surface area contributed by atoms with Crippen molar-refractivity contribution in [2.75, 3.05) is 19.8 Å². The maximum absolute atomic E-state index is 12.7. The fraction of sp³-hybridized carbons (Fsp3) is 0.833. The van der Waals surface area contributed by atoms with Gasteiger partial charge in [0.1, 0.15) is 24.6 Å². The number of allylic oxidation sites excluding steroid dienone is 1. The van der Waals surface area contributed by atoms with E-state index in [1.807, 2.05) is 6.92 Å². The van der Waals surface area contributed by atoms with E-state index in [0.717, 1.165) is 32.1 Å². The number of aliphatic hydroxyl groups is 1. The highest BCUT2D eigenvalue weighted by molar-refractivity contribution is 5.80. The molecule has 0 bridgehead atoms. The van der Waals surface area contributed by atoms with Crippen LogP contribution in [0.1, 0.15) is 143 Å². The summed E-state index contributed by atoms with van der Waals surface area (Å²) in [4.78, 5) is 25.2. The molecule has 1 saturated heterocycles. The minimum Gasteiger partial charge on any atom is -0.430 e. The lowest BCUT2D eigenvalue weighted by Crippen LogP contribution is -2.64. The summed E-state index contributed by atoms with van der Waals surface area (Å²) in [6, 6.07) is -0.433. The summed E-state index contributed by atoms with van der Waals surface area (Å²) in [5, 5.41) is 13.4. The smallest absolute Gasteiger partial charge is 0.430 e. The Morgan fingerprint density at radius 1 is 0.841 bits per heavy atom. The molecule has 1 fully saturated rings. The number of rotatable bonds is 28. The number of hydrogen-bond acceptors (Lipinski definition) is 8. The van der Waals surface area contributed by atoms with Gasteiger partial charge in [0.15, 0.2) is 6.10 Å². The average Bonchev–Trinajstić information content (AvgIpc) is 3.00. The third-order valence-electron chi connectivity index (χ3n) is 8.32. The summed E-state index contributed by atoms with van der Waals surface area (Å²) in [5.74, 6) is 0.153. The fourth-order valence-corrected chi connectivity index (χ4v) is 5.78. The molecule has 0 spiro atoms. The Balaban J connectivity index is 2.69. The molecule has 0 radical (unpaired) electrons. The van der Waals surface area contributed by atoms with Gasteiger partial charge in [0.05, 0.1) is 18.8 Å². The second-order valence-corrected chi connectivity index (χ2v) is 12.4. The van der Waals surface area contributed by atoms with E-state index < -0.39 is 30.5 Å². The van der Waals surface area contributed by atoms with Crippen LogP contribution in [0.25, 0.3) is 0 Å². The Morgan fingerprint density at radius 2 is 1.39 bits per heavy atom. The third-order valence-corrected chi connectivity index (χ3v) is 8.32. The van der Waals surface area contributed by atoms with Gasteiger partial charge in [0.2, 0.25) is 0 Å². The first-order valence-corrected chi connectivity index (χ1v) is 17.7. The molecular weight excluding hydrogens is 558 g/mol. The second kappa shape index (κ2) is 26.3. The van der Waals surface area contributed by atoms with E-state index in [1.54, 1.807) is 0 Å². The molecule has 0 amide bonds. The molecule has 0 unspecified atom stereocenters. The molecule has 0 aromatic heterocycles. The molecule has 256 valence electrons. The lowest BCUT2D eigenvalue weighted by molar-refractivity contribution is -0.207. The first-order valence-electron chi connectivity index (χ1n) is 17.7. The van der Waals surface area contributed by atoms with Gasteiger partial charge in [-0.2, -0.15) is 0 Å². The molecule has 5 atom stereocenters. The number of ether oxygens (including phenoxy) is 4. The molecule has 0 saturated carbocycles. The largest absolute Gasteiger partial charge is 0.509 e. The van der Waals surface area contributed by atoms with Gasteiger partial charge >= 0.3 is 6.16 Å². The molecule has 0 aromatic carbocycles. The summed E-state index contributed by atoms with van der Waals surface area (Å²) in [7, 11) is 0. The maximum atomic E-state index is 12.7. The lowest BCUT2D eigenvalue weighted by atomic mass is 9.92. The molecule has 44 heavy (non-hydrogen) atoms. The van der Waals surface area contributed by atoms with Gasteiger partial charge < -0.3 is 29.4 Å². The van der Waals surface area contributed by atoms with Crippen molar-refractivity contribution >= 4 is 11.9 Å². The van der Waals surface area contributed by atoms with Crippen LogP contribution in [0.15, 0.2) is 24.9 Å². The number of hydrogen-bond donors (Lipinski definition) is 2. The number of Topliss-reactive ketones (excluding diaryl/α,β-unsaturated/α-hetero) is 1. The van der Waals surface area contributed by atoms with Crippen molar-refractivity contribution in [3.63, 3.8) is 0 Å². The van der Waals surface area contributed by atoms with Gasteiger partial charge in [-0.05, 0) is 19.8 Å². The van der Waals surface area contributed by atoms with Crippen molar-refractivity contribution in [2.24, 2.45) is 0 Å². The minimum absolute atomic E-state index is 0.00986. The highest BCUT2D eigenvalue weighted by Crippen LogP contribution is 2.28. The number of ketones is 1. The normalized spacial score (nSPS) is 21.5. The molecule has 8 heteroatoms. The first kappa shape index (κ1) is 40.1. The van der Waals surface area contributed by atoms with Gasteiger partial charge in [0, 0.05) is 25.1 Å². The number of unbranched alkanes of at least 4 members (excludes halogenated alkanes) is 15.